The Morgan fingerprint density at radius 2 is 1.27 bits per heavy atom. The first-order valence-electron chi connectivity index (χ1n) is 12.8. The molecule has 0 saturated carbocycles. The van der Waals surface area contributed by atoms with Crippen LogP contribution < -0.4 is 0 Å². The van der Waals surface area contributed by atoms with Crippen LogP contribution in [0.15, 0.2) is 11.1 Å². The van der Waals surface area contributed by atoms with E-state index in [1.54, 1.807) is 0 Å². The van der Waals surface area contributed by atoms with Crippen molar-refractivity contribution < 1.29 is 0 Å². The monoisotopic (exact) mass is 453 g/mol. The summed E-state index contributed by atoms with van der Waals surface area (Å²) in [6.45, 7) is 12.3. The third-order valence-corrected chi connectivity index (χ3v) is 14.0. The summed E-state index contributed by atoms with van der Waals surface area (Å²) in [6, 6.07) is 0. The van der Waals surface area contributed by atoms with Gasteiger partial charge in [-0.25, -0.2) is 4.44 Å². The summed E-state index contributed by atoms with van der Waals surface area (Å²) in [5.41, 5.74) is 5.53. The van der Waals surface area contributed by atoms with Gasteiger partial charge in [-0.3, -0.25) is 9.34 Å². The smallest absolute Gasteiger partial charge is 0.0512 e. The summed E-state index contributed by atoms with van der Waals surface area (Å²) in [6.07, 6.45) is 13.8. The summed E-state index contributed by atoms with van der Waals surface area (Å²) in [4.78, 5) is 0. The molecule has 2 aliphatic carbocycles. The lowest BCUT2D eigenvalue weighted by molar-refractivity contribution is 0.430. The summed E-state index contributed by atoms with van der Waals surface area (Å²) in [5, 5.41) is 0. The van der Waals surface area contributed by atoms with Crippen LogP contribution in [0.5, 0.6) is 0 Å². The van der Waals surface area contributed by atoms with Gasteiger partial charge in [0.1, 0.15) is 0 Å². The molecule has 174 valence electrons. The molecular weight excluding hydrogens is 404 g/mol. The fourth-order valence-electron chi connectivity index (χ4n) is 6.03. The molecule has 3 nitrogen and oxygen atoms in total. The van der Waals surface area contributed by atoms with Crippen molar-refractivity contribution in [2.45, 2.75) is 103 Å². The van der Waals surface area contributed by atoms with Gasteiger partial charge in [0.15, 0.2) is 0 Å². The van der Waals surface area contributed by atoms with E-state index in [-0.39, 0.29) is 16.4 Å². The van der Waals surface area contributed by atoms with Crippen LogP contribution in [0, 0.1) is 11.8 Å². The van der Waals surface area contributed by atoms with Crippen molar-refractivity contribution in [2.75, 3.05) is 34.2 Å². The second-order valence-corrected chi connectivity index (χ2v) is 15.9. The molecule has 0 radical (unpaired) electrons. The highest BCUT2D eigenvalue weighted by molar-refractivity contribution is 7.70. The zero-order valence-electron chi connectivity index (χ0n) is 21.0. The maximum atomic E-state index is 2.95. The Morgan fingerprint density at radius 1 is 0.833 bits per heavy atom. The van der Waals surface area contributed by atoms with Crippen LogP contribution >= 0.6 is 16.4 Å². The van der Waals surface area contributed by atoms with E-state index in [9.17, 15) is 0 Å². The molecule has 30 heavy (non-hydrogen) atoms. The minimum absolute atomic E-state index is 0.249. The largest absolute Gasteiger partial charge is 0.272 e. The Bertz CT molecular complexity index is 535. The van der Waals surface area contributed by atoms with Crippen LogP contribution in [0.2, 0.25) is 0 Å². The molecule has 6 unspecified atom stereocenters. The van der Waals surface area contributed by atoms with E-state index in [4.69, 9.17) is 0 Å². The molecule has 3 rings (SSSR count). The molecule has 0 aromatic carbocycles. The number of nitrogens with zero attached hydrogens (tertiary/aromatic N) is 3. The lowest BCUT2D eigenvalue weighted by Crippen LogP contribution is -2.42. The number of allylic oxidation sites excluding steroid dienone is 2. The number of unbranched alkanes of at least 4 members (excludes halogenated alkanes) is 2. The molecule has 3 aliphatic rings. The standard InChI is InChI=1S/C25H49N3P2/c1-8-10-16-26(5)29-23-18-20(3)12-14-22-15-13-21(4)19-24(25(22)23)30(28(29)7)27(6)17-11-9-2/h20-21,23-24H,8-19H2,1-7H3. The molecule has 5 heteroatoms. The zero-order chi connectivity index (χ0) is 21.8. The van der Waals surface area contributed by atoms with E-state index < -0.39 is 0 Å². The van der Waals surface area contributed by atoms with Gasteiger partial charge in [-0.15, -0.1) is 0 Å². The molecule has 1 fully saturated rings. The highest BCUT2D eigenvalue weighted by Gasteiger charge is 2.50. The second kappa shape index (κ2) is 11.6. The summed E-state index contributed by atoms with van der Waals surface area (Å²) in [7, 11) is 6.92. The fourth-order valence-corrected chi connectivity index (χ4v) is 14.1. The first-order chi connectivity index (χ1) is 14.4. The minimum atomic E-state index is -0.249. The van der Waals surface area contributed by atoms with Crippen molar-refractivity contribution in [1.29, 1.82) is 0 Å². The molecular formula is C25H49N3P2. The van der Waals surface area contributed by atoms with E-state index in [0.717, 1.165) is 23.2 Å². The molecule has 6 atom stereocenters. The Hall–Kier alpha value is 0.480. The van der Waals surface area contributed by atoms with Crippen molar-refractivity contribution >= 4 is 16.4 Å². The van der Waals surface area contributed by atoms with Crippen molar-refractivity contribution in [3.8, 4) is 0 Å². The van der Waals surface area contributed by atoms with Gasteiger partial charge in [-0.1, -0.05) is 51.7 Å². The first-order valence-corrected chi connectivity index (χ1v) is 15.5. The lowest BCUT2D eigenvalue weighted by Gasteiger charge is -2.55. The van der Waals surface area contributed by atoms with Crippen LogP contribution in [0.3, 0.4) is 0 Å². The van der Waals surface area contributed by atoms with Gasteiger partial charge in [0.25, 0.3) is 0 Å². The van der Waals surface area contributed by atoms with Crippen molar-refractivity contribution in [1.82, 2.24) is 13.8 Å². The number of hydrogen-bond acceptors (Lipinski definition) is 3. The predicted octanol–water partition coefficient (Wildman–Crippen LogP) is 7.69. The zero-order valence-corrected chi connectivity index (χ0v) is 22.8. The molecule has 1 aliphatic heterocycles. The van der Waals surface area contributed by atoms with E-state index in [2.05, 4.69) is 62.6 Å². The number of rotatable bonds is 8. The molecule has 0 amide bonds. The van der Waals surface area contributed by atoms with Crippen molar-refractivity contribution in [3.05, 3.63) is 11.1 Å². The van der Waals surface area contributed by atoms with E-state index >= 15 is 0 Å². The van der Waals surface area contributed by atoms with Crippen molar-refractivity contribution in [2.24, 2.45) is 11.8 Å². The van der Waals surface area contributed by atoms with Gasteiger partial charge in [0, 0.05) is 24.4 Å². The van der Waals surface area contributed by atoms with E-state index in [1.807, 2.05) is 11.1 Å². The minimum Gasteiger partial charge on any atom is -0.272 e. The van der Waals surface area contributed by atoms with Crippen LogP contribution in [-0.4, -0.2) is 59.3 Å². The Balaban J connectivity index is 2.04. The van der Waals surface area contributed by atoms with Crippen molar-refractivity contribution in [3.63, 3.8) is 0 Å². The predicted molar refractivity (Wildman–Crippen MR) is 137 cm³/mol. The molecule has 1 heterocycles. The van der Waals surface area contributed by atoms with Crippen LogP contribution in [-0.2, 0) is 0 Å². The van der Waals surface area contributed by atoms with Gasteiger partial charge in [-0.2, -0.15) is 0 Å². The van der Waals surface area contributed by atoms with Gasteiger partial charge in [0.05, 0.1) is 16.4 Å². The quantitative estimate of drug-likeness (QED) is 0.275. The molecule has 0 aromatic rings. The topological polar surface area (TPSA) is 9.72 Å². The van der Waals surface area contributed by atoms with Gasteiger partial charge in [0.2, 0.25) is 0 Å². The third-order valence-electron chi connectivity index (χ3n) is 7.78. The van der Waals surface area contributed by atoms with Crippen LogP contribution in [0.4, 0.5) is 0 Å². The molecule has 0 spiro atoms. The average molecular weight is 454 g/mol. The van der Waals surface area contributed by atoms with E-state index in [1.165, 1.54) is 77.3 Å². The molecule has 0 N–H and O–H groups in total. The van der Waals surface area contributed by atoms with Crippen LogP contribution in [0.1, 0.15) is 91.9 Å². The molecule has 1 saturated heterocycles. The second-order valence-electron chi connectivity index (χ2n) is 10.4. The molecule has 0 aromatic heterocycles. The Kier molecular flexibility index (Phi) is 9.68. The third kappa shape index (κ3) is 5.51. The van der Waals surface area contributed by atoms with Crippen LogP contribution in [0.25, 0.3) is 0 Å². The highest BCUT2D eigenvalue weighted by atomic mass is 31.2. The van der Waals surface area contributed by atoms with Gasteiger partial charge in [-0.05, 0) is 84.3 Å². The van der Waals surface area contributed by atoms with Gasteiger partial charge >= 0.3 is 0 Å². The fraction of sp³-hybridized carbons (Fsp3) is 0.920. The maximum absolute atomic E-state index is 2.95. The summed E-state index contributed by atoms with van der Waals surface area (Å²) >= 11 is 0. The van der Waals surface area contributed by atoms with Gasteiger partial charge < -0.3 is 0 Å². The SMILES string of the molecule is CCCCN(C)P1C2CC(C)CCC3=C2C(CC(C)CC3)P(N(C)CCCC)N1C. The Labute approximate surface area is 190 Å². The summed E-state index contributed by atoms with van der Waals surface area (Å²) in [5.74, 6) is 1.75. The highest BCUT2D eigenvalue weighted by Crippen LogP contribution is 2.73. The lowest BCUT2D eigenvalue weighted by atomic mass is 9.96. The Morgan fingerprint density at radius 3 is 1.67 bits per heavy atom. The summed E-state index contributed by atoms with van der Waals surface area (Å²) < 4.78 is 8.56. The number of hydrogen-bond donors (Lipinski definition) is 0. The average Bonchev–Trinajstić information content (AvgIpc) is 2.97. The first kappa shape index (κ1) is 25.1. The van der Waals surface area contributed by atoms with E-state index in [0.29, 0.717) is 0 Å². The normalized spacial score (nSPS) is 35.5. The molecule has 0 bridgehead atoms. The maximum Gasteiger partial charge on any atom is 0.0512 e.